The summed E-state index contributed by atoms with van der Waals surface area (Å²) >= 11 is 0. The van der Waals surface area contributed by atoms with Gasteiger partial charge in [-0.2, -0.15) is 5.10 Å². The van der Waals surface area contributed by atoms with Gasteiger partial charge in [0.25, 0.3) is 5.91 Å². The van der Waals surface area contributed by atoms with Crippen LogP contribution in [0.3, 0.4) is 0 Å². The number of aromatic nitrogens is 2. The fraction of sp³-hybridized carbons (Fsp3) is 0.583. The lowest BCUT2D eigenvalue weighted by atomic mass is 10.3. The van der Waals surface area contributed by atoms with Crippen molar-refractivity contribution in [3.8, 4) is 0 Å². The van der Waals surface area contributed by atoms with Gasteiger partial charge in [-0.25, -0.2) is 0 Å². The van der Waals surface area contributed by atoms with Crippen LogP contribution in [0, 0.1) is 0 Å². The molecule has 0 aliphatic heterocycles. The molecule has 112 valence electrons. The highest BCUT2D eigenvalue weighted by atomic mass is 16.5. The summed E-state index contributed by atoms with van der Waals surface area (Å²) in [6.45, 7) is 3.69. The van der Waals surface area contributed by atoms with Gasteiger partial charge < -0.3 is 21.1 Å². The van der Waals surface area contributed by atoms with Gasteiger partial charge in [0.15, 0.2) is 5.69 Å². The van der Waals surface area contributed by atoms with E-state index < -0.39 is 0 Å². The Kier molecular flexibility index (Phi) is 6.51. The summed E-state index contributed by atoms with van der Waals surface area (Å²) in [6.07, 6.45) is 1.80. The molecule has 0 aromatic carbocycles. The minimum Gasteiger partial charge on any atom is -0.396 e. The van der Waals surface area contributed by atoms with Crippen molar-refractivity contribution in [1.29, 1.82) is 0 Å². The number of nitrogens with zero attached hydrogens (tertiary/aromatic N) is 2. The van der Waals surface area contributed by atoms with Crippen molar-refractivity contribution >= 4 is 17.5 Å². The number of methoxy groups -OCH3 is 1. The summed E-state index contributed by atoms with van der Waals surface area (Å²) in [4.78, 5) is 23.2. The smallest absolute Gasteiger partial charge is 0.273 e. The van der Waals surface area contributed by atoms with Crippen molar-refractivity contribution in [2.24, 2.45) is 0 Å². The molecular formula is C12H21N5O3. The topological polar surface area (TPSA) is 111 Å². The van der Waals surface area contributed by atoms with Crippen LogP contribution in [0.25, 0.3) is 0 Å². The molecule has 0 bridgehead atoms. The summed E-state index contributed by atoms with van der Waals surface area (Å²) in [7, 11) is 1.56. The number of hydrogen-bond acceptors (Lipinski definition) is 5. The van der Waals surface area contributed by atoms with Gasteiger partial charge in [-0.1, -0.05) is 0 Å². The lowest BCUT2D eigenvalue weighted by Crippen LogP contribution is -2.32. The van der Waals surface area contributed by atoms with Crippen molar-refractivity contribution in [2.75, 3.05) is 32.5 Å². The van der Waals surface area contributed by atoms with Crippen LogP contribution < -0.4 is 16.4 Å². The van der Waals surface area contributed by atoms with Gasteiger partial charge in [-0.3, -0.25) is 14.3 Å². The molecule has 0 atom stereocenters. The van der Waals surface area contributed by atoms with E-state index in [9.17, 15) is 9.59 Å². The summed E-state index contributed by atoms with van der Waals surface area (Å²) in [5, 5.41) is 9.32. The van der Waals surface area contributed by atoms with Gasteiger partial charge in [0.2, 0.25) is 5.91 Å². The fourth-order valence-electron chi connectivity index (χ4n) is 1.53. The Hall–Kier alpha value is -2.09. The molecule has 20 heavy (non-hydrogen) atoms. The Bertz CT molecular complexity index is 458. The maximum atomic E-state index is 11.8. The largest absolute Gasteiger partial charge is 0.396 e. The maximum absolute atomic E-state index is 11.8. The molecule has 8 heteroatoms. The van der Waals surface area contributed by atoms with Crippen LogP contribution >= 0.6 is 0 Å². The third kappa shape index (κ3) is 4.88. The lowest BCUT2D eigenvalue weighted by molar-refractivity contribution is -0.121. The number of carbonyl (C=O) groups excluding carboxylic acids is 2. The number of amides is 2. The Balaban J connectivity index is 2.32. The Labute approximate surface area is 117 Å². The van der Waals surface area contributed by atoms with Crippen molar-refractivity contribution in [1.82, 2.24) is 20.4 Å². The van der Waals surface area contributed by atoms with Gasteiger partial charge >= 0.3 is 0 Å². The zero-order valence-electron chi connectivity index (χ0n) is 11.8. The number of carbonyl (C=O) groups is 2. The number of ether oxygens (including phenoxy) is 1. The molecule has 0 spiro atoms. The number of nitrogen functional groups attached to an aromatic ring is 1. The van der Waals surface area contributed by atoms with E-state index in [0.29, 0.717) is 25.4 Å². The van der Waals surface area contributed by atoms with Gasteiger partial charge in [0.05, 0.1) is 12.3 Å². The molecule has 1 rings (SSSR count). The molecule has 0 saturated heterocycles. The van der Waals surface area contributed by atoms with E-state index in [-0.39, 0.29) is 30.5 Å². The molecule has 0 unspecified atom stereocenters. The van der Waals surface area contributed by atoms with Crippen molar-refractivity contribution in [2.45, 2.75) is 19.9 Å². The van der Waals surface area contributed by atoms with Crippen LogP contribution in [0.4, 0.5) is 5.69 Å². The van der Waals surface area contributed by atoms with Crippen molar-refractivity contribution < 1.29 is 14.3 Å². The van der Waals surface area contributed by atoms with Gasteiger partial charge in [0, 0.05) is 39.4 Å². The van der Waals surface area contributed by atoms with E-state index in [1.165, 1.54) is 0 Å². The van der Waals surface area contributed by atoms with E-state index >= 15 is 0 Å². The highest BCUT2D eigenvalue weighted by Gasteiger charge is 2.14. The normalized spacial score (nSPS) is 10.3. The minimum absolute atomic E-state index is 0.144. The van der Waals surface area contributed by atoms with Gasteiger partial charge in [0.1, 0.15) is 0 Å². The second-order valence-corrected chi connectivity index (χ2v) is 4.14. The highest BCUT2D eigenvalue weighted by Crippen LogP contribution is 2.08. The summed E-state index contributed by atoms with van der Waals surface area (Å²) in [5.41, 5.74) is 6.21. The van der Waals surface area contributed by atoms with E-state index in [1.807, 2.05) is 6.92 Å². The van der Waals surface area contributed by atoms with Crippen molar-refractivity contribution in [3.05, 3.63) is 11.9 Å². The predicted octanol–water partition coefficient (Wildman–Crippen LogP) is -0.632. The van der Waals surface area contributed by atoms with Crippen LogP contribution in [0.5, 0.6) is 0 Å². The second kappa shape index (κ2) is 8.16. The predicted molar refractivity (Wildman–Crippen MR) is 74.1 cm³/mol. The van der Waals surface area contributed by atoms with Crippen molar-refractivity contribution in [3.63, 3.8) is 0 Å². The molecule has 0 aliphatic rings. The average molecular weight is 283 g/mol. The molecule has 1 heterocycles. The van der Waals surface area contributed by atoms with E-state index in [2.05, 4.69) is 15.7 Å². The maximum Gasteiger partial charge on any atom is 0.273 e. The molecular weight excluding hydrogens is 262 g/mol. The third-order valence-electron chi connectivity index (χ3n) is 2.60. The molecule has 1 aromatic heterocycles. The molecule has 0 aliphatic carbocycles. The zero-order valence-corrected chi connectivity index (χ0v) is 11.8. The number of nitrogens with two attached hydrogens (primary N) is 1. The fourth-order valence-corrected chi connectivity index (χ4v) is 1.53. The number of rotatable bonds is 8. The number of aryl methyl sites for hydroxylation is 1. The van der Waals surface area contributed by atoms with Crippen LogP contribution in [-0.4, -0.2) is 48.4 Å². The molecule has 8 nitrogen and oxygen atoms in total. The third-order valence-corrected chi connectivity index (χ3v) is 2.60. The quantitative estimate of drug-likeness (QED) is 0.550. The van der Waals surface area contributed by atoms with Gasteiger partial charge in [-0.05, 0) is 6.92 Å². The first-order chi connectivity index (χ1) is 9.58. The lowest BCUT2D eigenvalue weighted by Gasteiger charge is -2.05. The molecule has 1 aromatic rings. The molecule has 0 saturated carbocycles. The first kappa shape index (κ1) is 16.0. The zero-order chi connectivity index (χ0) is 15.0. The van der Waals surface area contributed by atoms with Gasteiger partial charge in [-0.15, -0.1) is 0 Å². The Morgan fingerprint density at radius 2 is 2.15 bits per heavy atom. The highest BCUT2D eigenvalue weighted by molar-refractivity contribution is 5.97. The number of anilines is 1. The van der Waals surface area contributed by atoms with E-state index in [0.717, 1.165) is 0 Å². The number of nitrogens with one attached hydrogen (secondary N) is 2. The monoisotopic (exact) mass is 283 g/mol. The van der Waals surface area contributed by atoms with Crippen LogP contribution in [0.15, 0.2) is 6.20 Å². The molecule has 4 N–H and O–H groups in total. The van der Waals surface area contributed by atoms with Crippen LogP contribution in [0.2, 0.25) is 0 Å². The SMILES string of the molecule is CCn1cc(N)c(C(=O)NCCC(=O)NCCOC)n1. The molecule has 0 fully saturated rings. The van der Waals surface area contributed by atoms with E-state index in [1.54, 1.807) is 18.0 Å². The first-order valence-corrected chi connectivity index (χ1v) is 6.45. The summed E-state index contributed by atoms with van der Waals surface area (Å²) in [5.74, 6) is -0.520. The Morgan fingerprint density at radius 1 is 1.40 bits per heavy atom. The van der Waals surface area contributed by atoms with Crippen LogP contribution in [-0.2, 0) is 16.1 Å². The summed E-state index contributed by atoms with van der Waals surface area (Å²) < 4.78 is 6.39. The average Bonchev–Trinajstić information content (AvgIpc) is 2.80. The summed E-state index contributed by atoms with van der Waals surface area (Å²) in [6, 6.07) is 0. The van der Waals surface area contributed by atoms with Crippen LogP contribution in [0.1, 0.15) is 23.8 Å². The molecule has 0 radical (unpaired) electrons. The standard InChI is InChI=1S/C12H21N5O3/c1-3-17-8-9(13)11(16-17)12(19)15-5-4-10(18)14-6-7-20-2/h8H,3-7,13H2,1-2H3,(H,14,18)(H,15,19). The second-order valence-electron chi connectivity index (χ2n) is 4.14. The number of hydrogen-bond donors (Lipinski definition) is 3. The molecule has 2 amide bonds. The minimum atomic E-state index is -0.376. The van der Waals surface area contributed by atoms with E-state index in [4.69, 9.17) is 10.5 Å². The Morgan fingerprint density at radius 3 is 2.75 bits per heavy atom. The first-order valence-electron chi connectivity index (χ1n) is 6.45.